The lowest BCUT2D eigenvalue weighted by Gasteiger charge is -2.15. The first-order valence-electron chi connectivity index (χ1n) is 4.58. The zero-order valence-electron chi connectivity index (χ0n) is 8.67. The van der Waals surface area contributed by atoms with Gasteiger partial charge in [0, 0.05) is 7.05 Å². The van der Waals surface area contributed by atoms with Crippen LogP contribution in [0.1, 0.15) is 6.92 Å². The first kappa shape index (κ1) is 11.7. The highest BCUT2D eigenvalue weighted by Gasteiger charge is 2.12. The molecule has 5 heteroatoms. The molecule has 0 radical (unpaired) electrons. The summed E-state index contributed by atoms with van der Waals surface area (Å²) < 4.78 is 0. The second-order valence-electron chi connectivity index (χ2n) is 3.18. The summed E-state index contributed by atoms with van der Waals surface area (Å²) in [6.45, 7) is 1.75. The van der Waals surface area contributed by atoms with Gasteiger partial charge in [-0.1, -0.05) is 17.7 Å². The molecule has 4 nitrogen and oxygen atoms in total. The highest BCUT2D eigenvalue weighted by Crippen LogP contribution is 2.27. The zero-order valence-corrected chi connectivity index (χ0v) is 9.43. The Balaban J connectivity index is 2.81. The largest absolute Gasteiger partial charge is 0.396 e. The Kier molecular flexibility index (Phi) is 3.80. The molecule has 0 fully saturated rings. The average Bonchev–Trinajstić information content (AvgIpc) is 2.23. The van der Waals surface area contributed by atoms with Crippen LogP contribution in [0.15, 0.2) is 18.2 Å². The number of nitrogens with two attached hydrogens (primary N) is 1. The number of carbonyl (C=O) groups is 1. The minimum Gasteiger partial charge on any atom is -0.396 e. The van der Waals surface area contributed by atoms with Gasteiger partial charge in [0.25, 0.3) is 0 Å². The molecule has 0 heterocycles. The third-order valence-corrected chi connectivity index (χ3v) is 2.39. The first-order chi connectivity index (χ1) is 7.06. The Morgan fingerprint density at radius 3 is 2.80 bits per heavy atom. The maximum atomic E-state index is 11.3. The number of halogens is 1. The van der Waals surface area contributed by atoms with Crippen LogP contribution in [0.2, 0.25) is 5.02 Å². The van der Waals surface area contributed by atoms with E-state index in [2.05, 4.69) is 10.6 Å². The summed E-state index contributed by atoms with van der Waals surface area (Å²) in [5.41, 5.74) is 6.87. The van der Waals surface area contributed by atoms with Crippen LogP contribution in [0.5, 0.6) is 0 Å². The zero-order chi connectivity index (χ0) is 11.4. The van der Waals surface area contributed by atoms with Crippen molar-refractivity contribution in [2.75, 3.05) is 18.1 Å². The summed E-state index contributed by atoms with van der Waals surface area (Å²) in [6, 6.07) is 4.90. The maximum absolute atomic E-state index is 11.3. The van der Waals surface area contributed by atoms with E-state index in [4.69, 9.17) is 17.3 Å². The van der Waals surface area contributed by atoms with Crippen LogP contribution >= 0.6 is 11.6 Å². The number of hydrogen-bond acceptors (Lipinski definition) is 3. The third-order valence-electron chi connectivity index (χ3n) is 2.06. The number of amides is 1. The number of hydrogen-bond donors (Lipinski definition) is 3. The molecule has 0 saturated carbocycles. The molecule has 0 aliphatic carbocycles. The van der Waals surface area contributed by atoms with E-state index >= 15 is 0 Å². The molecule has 0 aliphatic heterocycles. The van der Waals surface area contributed by atoms with Crippen molar-refractivity contribution in [2.24, 2.45) is 0 Å². The van der Waals surface area contributed by atoms with Gasteiger partial charge in [-0.25, -0.2) is 0 Å². The van der Waals surface area contributed by atoms with Gasteiger partial charge in [0.2, 0.25) is 5.91 Å². The van der Waals surface area contributed by atoms with Crippen molar-refractivity contribution < 1.29 is 4.79 Å². The normalized spacial score (nSPS) is 11.9. The molecule has 1 unspecified atom stereocenters. The fourth-order valence-electron chi connectivity index (χ4n) is 1.18. The van der Waals surface area contributed by atoms with Gasteiger partial charge in [-0.2, -0.15) is 0 Å². The Hall–Kier alpha value is -1.42. The second kappa shape index (κ2) is 4.89. The van der Waals surface area contributed by atoms with Crippen LogP contribution in [0.25, 0.3) is 0 Å². The van der Waals surface area contributed by atoms with Gasteiger partial charge >= 0.3 is 0 Å². The fourth-order valence-corrected chi connectivity index (χ4v) is 1.35. The van der Waals surface area contributed by atoms with Crippen LogP contribution in [-0.2, 0) is 4.79 Å². The van der Waals surface area contributed by atoms with E-state index in [1.54, 1.807) is 32.2 Å². The molecular weight excluding hydrogens is 214 g/mol. The topological polar surface area (TPSA) is 67.2 Å². The van der Waals surface area contributed by atoms with E-state index in [-0.39, 0.29) is 11.9 Å². The minimum absolute atomic E-state index is 0.102. The van der Waals surface area contributed by atoms with Crippen LogP contribution in [0, 0.1) is 0 Å². The summed E-state index contributed by atoms with van der Waals surface area (Å²) >= 11 is 5.85. The Labute approximate surface area is 93.8 Å². The number of rotatable bonds is 3. The highest BCUT2D eigenvalue weighted by molar-refractivity contribution is 6.33. The van der Waals surface area contributed by atoms with Gasteiger partial charge in [0.1, 0.15) is 6.04 Å². The number of benzene rings is 1. The number of nitrogens with one attached hydrogen (secondary N) is 2. The summed E-state index contributed by atoms with van der Waals surface area (Å²) in [6.07, 6.45) is 0. The molecule has 82 valence electrons. The molecule has 0 aromatic heterocycles. The van der Waals surface area contributed by atoms with Crippen LogP contribution in [0.3, 0.4) is 0 Å². The molecule has 0 bridgehead atoms. The van der Waals surface area contributed by atoms with Gasteiger partial charge in [0.05, 0.1) is 16.4 Å². The van der Waals surface area contributed by atoms with Gasteiger partial charge in [-0.3, -0.25) is 4.79 Å². The Morgan fingerprint density at radius 1 is 1.53 bits per heavy atom. The summed E-state index contributed by atoms with van der Waals surface area (Å²) in [4.78, 5) is 11.3. The van der Waals surface area contributed by atoms with Gasteiger partial charge < -0.3 is 16.4 Å². The number of para-hydroxylation sites is 1. The first-order valence-corrected chi connectivity index (χ1v) is 4.96. The molecular formula is C10H14ClN3O. The lowest BCUT2D eigenvalue weighted by Crippen LogP contribution is -2.35. The van der Waals surface area contributed by atoms with E-state index in [1.165, 1.54) is 0 Å². The van der Waals surface area contributed by atoms with E-state index in [0.29, 0.717) is 16.4 Å². The summed E-state index contributed by atoms with van der Waals surface area (Å²) in [7, 11) is 1.59. The number of carbonyl (C=O) groups excluding carboxylic acids is 1. The van der Waals surface area contributed by atoms with Gasteiger partial charge in [0.15, 0.2) is 0 Å². The standard InChI is InChI=1S/C10H14ClN3O/c1-6(10(15)13-2)14-8-5-3-4-7(11)9(8)12/h3-6,14H,12H2,1-2H3,(H,13,15). The van der Waals surface area contributed by atoms with E-state index in [9.17, 15) is 4.79 Å². The molecule has 1 amide bonds. The third kappa shape index (κ3) is 2.76. The molecule has 0 aliphatic rings. The van der Waals surface area contributed by atoms with Crippen LogP contribution in [0.4, 0.5) is 11.4 Å². The number of anilines is 2. The predicted octanol–water partition coefficient (Wildman–Crippen LogP) is 1.47. The van der Waals surface area contributed by atoms with Crippen molar-refractivity contribution in [3.05, 3.63) is 23.2 Å². The second-order valence-corrected chi connectivity index (χ2v) is 3.59. The lowest BCUT2D eigenvalue weighted by atomic mass is 10.2. The monoisotopic (exact) mass is 227 g/mol. The quantitative estimate of drug-likeness (QED) is 0.685. The molecule has 0 spiro atoms. The molecule has 1 atom stereocenters. The van der Waals surface area contributed by atoms with Crippen molar-refractivity contribution in [2.45, 2.75) is 13.0 Å². The van der Waals surface area contributed by atoms with Crippen LogP contribution in [-0.4, -0.2) is 19.0 Å². The molecule has 1 aromatic rings. The van der Waals surface area contributed by atoms with E-state index < -0.39 is 0 Å². The Bertz CT molecular complexity index is 368. The van der Waals surface area contributed by atoms with E-state index in [0.717, 1.165) is 0 Å². The minimum atomic E-state index is -0.351. The SMILES string of the molecule is CNC(=O)C(C)Nc1cccc(Cl)c1N. The van der Waals surface area contributed by atoms with Crippen molar-refractivity contribution >= 4 is 28.9 Å². The highest BCUT2D eigenvalue weighted by atomic mass is 35.5. The molecule has 0 saturated heterocycles. The molecule has 1 aromatic carbocycles. The number of likely N-dealkylation sites (N-methyl/N-ethyl adjacent to an activating group) is 1. The fraction of sp³-hybridized carbons (Fsp3) is 0.300. The average molecular weight is 228 g/mol. The lowest BCUT2D eigenvalue weighted by molar-refractivity contribution is -0.121. The smallest absolute Gasteiger partial charge is 0.241 e. The van der Waals surface area contributed by atoms with Crippen molar-refractivity contribution in [1.82, 2.24) is 5.32 Å². The van der Waals surface area contributed by atoms with Crippen LogP contribution < -0.4 is 16.4 Å². The van der Waals surface area contributed by atoms with Crippen molar-refractivity contribution in [1.29, 1.82) is 0 Å². The van der Waals surface area contributed by atoms with E-state index in [1.807, 2.05) is 0 Å². The molecule has 15 heavy (non-hydrogen) atoms. The summed E-state index contributed by atoms with van der Waals surface area (Å²) in [5, 5.41) is 6.00. The molecule has 1 rings (SSSR count). The maximum Gasteiger partial charge on any atom is 0.241 e. The van der Waals surface area contributed by atoms with Gasteiger partial charge in [-0.15, -0.1) is 0 Å². The number of nitrogen functional groups attached to an aromatic ring is 1. The van der Waals surface area contributed by atoms with Crippen molar-refractivity contribution in [3.8, 4) is 0 Å². The Morgan fingerprint density at radius 2 is 2.20 bits per heavy atom. The molecule has 4 N–H and O–H groups in total. The van der Waals surface area contributed by atoms with Gasteiger partial charge in [-0.05, 0) is 19.1 Å². The summed E-state index contributed by atoms with van der Waals surface area (Å²) in [5.74, 6) is -0.102. The predicted molar refractivity (Wildman–Crippen MR) is 63.0 cm³/mol. The van der Waals surface area contributed by atoms with Crippen molar-refractivity contribution in [3.63, 3.8) is 0 Å².